The summed E-state index contributed by atoms with van der Waals surface area (Å²) in [6.07, 6.45) is 0.589. The molecular weight excluding hydrogens is 286 g/mol. The van der Waals surface area contributed by atoms with Crippen molar-refractivity contribution in [2.45, 2.75) is 17.7 Å². The highest BCUT2D eigenvalue weighted by molar-refractivity contribution is 7.91. The fourth-order valence-electron chi connectivity index (χ4n) is 2.12. The topological polar surface area (TPSA) is 54.5 Å². The smallest absolute Gasteiger partial charge is 0.222 e. The van der Waals surface area contributed by atoms with Gasteiger partial charge in [0.25, 0.3) is 0 Å². The minimum Gasteiger partial charge on any atom is -0.349 e. The second kappa shape index (κ2) is 6.26. The van der Waals surface area contributed by atoms with Crippen LogP contribution in [-0.4, -0.2) is 39.1 Å². The van der Waals surface area contributed by atoms with Crippen LogP contribution in [0.1, 0.15) is 12.8 Å². The third-order valence-corrected chi connectivity index (χ3v) is 5.18. The average Bonchev–Trinajstić information content (AvgIpc) is 2.46. The summed E-state index contributed by atoms with van der Waals surface area (Å²) in [5.74, 6) is -0.0611. The van der Waals surface area contributed by atoms with Gasteiger partial charge in [-0.05, 0) is 29.3 Å². The second-order valence-corrected chi connectivity index (χ2v) is 7.33. The number of hydrogen-bond donors (Lipinski definition) is 0. The Bertz CT molecular complexity index is 751. The summed E-state index contributed by atoms with van der Waals surface area (Å²) in [7, 11) is -0.0102. The number of carbonyl (C=O) groups is 1. The number of hydrogen-bond acceptors (Lipinski definition) is 3. The first-order valence-electron chi connectivity index (χ1n) is 6.82. The molecule has 0 N–H and O–H groups in total. The van der Waals surface area contributed by atoms with E-state index in [1.165, 1.54) is 4.90 Å². The second-order valence-electron chi connectivity index (χ2n) is 5.22. The van der Waals surface area contributed by atoms with Gasteiger partial charge in [0, 0.05) is 20.5 Å². The molecule has 0 aliphatic heterocycles. The molecule has 21 heavy (non-hydrogen) atoms. The van der Waals surface area contributed by atoms with Crippen LogP contribution >= 0.6 is 0 Å². The van der Waals surface area contributed by atoms with Crippen LogP contribution in [-0.2, 0) is 14.6 Å². The van der Waals surface area contributed by atoms with Gasteiger partial charge in [-0.1, -0.05) is 30.3 Å². The molecular formula is C16H19NO3S. The van der Waals surface area contributed by atoms with Gasteiger partial charge in [0.1, 0.15) is 0 Å². The molecule has 0 spiro atoms. The van der Waals surface area contributed by atoms with Gasteiger partial charge in [-0.3, -0.25) is 4.79 Å². The van der Waals surface area contributed by atoms with Gasteiger partial charge < -0.3 is 4.90 Å². The Labute approximate surface area is 125 Å². The monoisotopic (exact) mass is 305 g/mol. The lowest BCUT2D eigenvalue weighted by Crippen LogP contribution is -2.22. The minimum absolute atomic E-state index is 0.00901. The van der Waals surface area contributed by atoms with Gasteiger partial charge in [-0.25, -0.2) is 8.42 Å². The number of carbonyl (C=O) groups excluding carboxylic acids is 1. The first-order chi connectivity index (χ1) is 9.90. The molecule has 0 radical (unpaired) electrons. The highest BCUT2D eigenvalue weighted by Crippen LogP contribution is 2.20. The molecule has 2 aromatic carbocycles. The molecule has 1 amide bonds. The van der Waals surface area contributed by atoms with Crippen LogP contribution in [0.2, 0.25) is 0 Å². The lowest BCUT2D eigenvalue weighted by atomic mass is 10.1. The van der Waals surface area contributed by atoms with Crippen molar-refractivity contribution in [1.82, 2.24) is 4.90 Å². The molecule has 2 aromatic rings. The molecule has 112 valence electrons. The first kappa shape index (κ1) is 15.5. The van der Waals surface area contributed by atoms with Crippen LogP contribution in [0.4, 0.5) is 0 Å². The van der Waals surface area contributed by atoms with E-state index < -0.39 is 9.84 Å². The van der Waals surface area contributed by atoms with Crippen molar-refractivity contribution in [2.24, 2.45) is 0 Å². The molecule has 0 saturated heterocycles. The fraction of sp³-hybridized carbons (Fsp3) is 0.312. The predicted octanol–water partition coefficient (Wildman–Crippen LogP) is 2.48. The lowest BCUT2D eigenvalue weighted by Gasteiger charge is -2.10. The number of nitrogens with zero attached hydrogens (tertiary/aromatic N) is 1. The minimum atomic E-state index is -3.34. The molecule has 4 nitrogen and oxygen atoms in total. The van der Waals surface area contributed by atoms with Crippen molar-refractivity contribution < 1.29 is 13.2 Å². The summed E-state index contributed by atoms with van der Waals surface area (Å²) in [5, 5.41) is 1.92. The van der Waals surface area contributed by atoms with Gasteiger partial charge in [0.15, 0.2) is 9.84 Å². The quantitative estimate of drug-likeness (QED) is 0.853. The van der Waals surface area contributed by atoms with Gasteiger partial charge in [0.05, 0.1) is 10.6 Å². The Morgan fingerprint density at radius 1 is 1.05 bits per heavy atom. The predicted molar refractivity (Wildman–Crippen MR) is 83.9 cm³/mol. The van der Waals surface area contributed by atoms with E-state index in [4.69, 9.17) is 0 Å². The Balaban J connectivity index is 2.12. The van der Waals surface area contributed by atoms with E-state index in [1.54, 1.807) is 26.2 Å². The summed E-state index contributed by atoms with van der Waals surface area (Å²) >= 11 is 0. The van der Waals surface area contributed by atoms with E-state index in [0.717, 1.165) is 10.8 Å². The zero-order valence-electron chi connectivity index (χ0n) is 12.2. The molecule has 0 atom stereocenters. The van der Waals surface area contributed by atoms with Crippen LogP contribution < -0.4 is 0 Å². The fourth-order valence-corrected chi connectivity index (χ4v) is 3.46. The summed E-state index contributed by atoms with van der Waals surface area (Å²) in [5.41, 5.74) is 0. The third kappa shape index (κ3) is 3.82. The number of fused-ring (bicyclic) bond motifs is 1. The van der Waals surface area contributed by atoms with Gasteiger partial charge >= 0.3 is 0 Å². The average molecular weight is 305 g/mol. The molecule has 0 bridgehead atoms. The van der Waals surface area contributed by atoms with E-state index in [1.807, 2.05) is 30.3 Å². The molecule has 0 unspecified atom stereocenters. The Kier molecular flexibility index (Phi) is 4.63. The van der Waals surface area contributed by atoms with Crippen molar-refractivity contribution in [3.8, 4) is 0 Å². The molecule has 5 heteroatoms. The molecule has 0 aliphatic rings. The van der Waals surface area contributed by atoms with Crippen LogP contribution in [0.15, 0.2) is 47.4 Å². The van der Waals surface area contributed by atoms with Crippen molar-refractivity contribution in [3.05, 3.63) is 42.5 Å². The van der Waals surface area contributed by atoms with Gasteiger partial charge in [-0.2, -0.15) is 0 Å². The van der Waals surface area contributed by atoms with E-state index in [2.05, 4.69) is 0 Å². The maximum absolute atomic E-state index is 12.3. The van der Waals surface area contributed by atoms with Crippen molar-refractivity contribution in [3.63, 3.8) is 0 Å². The Morgan fingerprint density at radius 2 is 1.71 bits per heavy atom. The Hall–Kier alpha value is -1.88. The van der Waals surface area contributed by atoms with Crippen LogP contribution in [0.3, 0.4) is 0 Å². The van der Waals surface area contributed by atoms with Crippen LogP contribution in [0.5, 0.6) is 0 Å². The van der Waals surface area contributed by atoms with Crippen molar-refractivity contribution in [1.29, 1.82) is 0 Å². The lowest BCUT2D eigenvalue weighted by molar-refractivity contribution is -0.128. The number of benzene rings is 2. The third-order valence-electron chi connectivity index (χ3n) is 3.38. The summed E-state index contributed by atoms with van der Waals surface area (Å²) in [4.78, 5) is 13.3. The maximum atomic E-state index is 12.3. The van der Waals surface area contributed by atoms with Crippen molar-refractivity contribution in [2.75, 3.05) is 19.8 Å². The zero-order valence-corrected chi connectivity index (χ0v) is 13.1. The Morgan fingerprint density at radius 3 is 2.38 bits per heavy atom. The van der Waals surface area contributed by atoms with Gasteiger partial charge in [0.2, 0.25) is 5.91 Å². The largest absolute Gasteiger partial charge is 0.349 e. The standard InChI is InChI=1S/C16H19NO3S/c1-17(2)16(18)8-5-11-21(19,20)15-10-9-13-6-3-4-7-14(13)12-15/h3-4,6-7,9-10,12H,5,8,11H2,1-2H3. The normalized spacial score (nSPS) is 11.5. The van der Waals surface area contributed by atoms with E-state index in [0.29, 0.717) is 11.3 Å². The van der Waals surface area contributed by atoms with E-state index >= 15 is 0 Å². The van der Waals surface area contributed by atoms with Gasteiger partial charge in [-0.15, -0.1) is 0 Å². The zero-order chi connectivity index (χ0) is 15.5. The summed E-state index contributed by atoms with van der Waals surface area (Å²) in [6, 6.07) is 12.8. The molecule has 0 fully saturated rings. The van der Waals surface area contributed by atoms with Crippen LogP contribution in [0.25, 0.3) is 10.8 Å². The van der Waals surface area contributed by atoms with Crippen LogP contribution in [0, 0.1) is 0 Å². The molecule has 0 heterocycles. The highest BCUT2D eigenvalue weighted by Gasteiger charge is 2.15. The molecule has 0 saturated carbocycles. The summed E-state index contributed by atoms with van der Waals surface area (Å²) in [6.45, 7) is 0. The molecule has 2 rings (SSSR count). The maximum Gasteiger partial charge on any atom is 0.222 e. The SMILES string of the molecule is CN(C)C(=O)CCCS(=O)(=O)c1ccc2ccccc2c1. The van der Waals surface area contributed by atoms with E-state index in [-0.39, 0.29) is 18.1 Å². The number of amides is 1. The first-order valence-corrected chi connectivity index (χ1v) is 8.47. The molecule has 0 aromatic heterocycles. The number of sulfone groups is 1. The van der Waals surface area contributed by atoms with E-state index in [9.17, 15) is 13.2 Å². The molecule has 0 aliphatic carbocycles. The van der Waals surface area contributed by atoms with Crippen molar-refractivity contribution >= 4 is 26.5 Å². The highest BCUT2D eigenvalue weighted by atomic mass is 32.2. The summed E-state index contributed by atoms with van der Waals surface area (Å²) < 4.78 is 24.6. The number of rotatable bonds is 5.